The predicted molar refractivity (Wildman–Crippen MR) is 69.4 cm³/mol. The van der Waals surface area contributed by atoms with Crippen molar-refractivity contribution in [2.75, 3.05) is 0 Å². The summed E-state index contributed by atoms with van der Waals surface area (Å²) in [5.41, 5.74) is 1.24. The Morgan fingerprint density at radius 2 is 1.50 bits per heavy atom. The van der Waals surface area contributed by atoms with Gasteiger partial charge in [-0.15, -0.1) is 0 Å². The lowest BCUT2D eigenvalue weighted by molar-refractivity contribution is 0.404. The van der Waals surface area contributed by atoms with Crippen LogP contribution in [0.5, 0.6) is 17.2 Å². The molecule has 0 fully saturated rings. The summed E-state index contributed by atoms with van der Waals surface area (Å²) in [5, 5.41) is 29.8. The monoisotopic (exact) mass is 246 g/mol. The van der Waals surface area contributed by atoms with Crippen molar-refractivity contribution in [3.8, 4) is 17.2 Å². The molecule has 0 spiro atoms. The first kappa shape index (κ1) is 12.2. The summed E-state index contributed by atoms with van der Waals surface area (Å²) < 4.78 is 0. The van der Waals surface area contributed by atoms with E-state index in [4.69, 9.17) is 0 Å². The molecular formula is C14H14O4. The third-order valence-corrected chi connectivity index (χ3v) is 3.25. The highest BCUT2D eigenvalue weighted by Gasteiger charge is 2.16. The van der Waals surface area contributed by atoms with Crippen LogP contribution in [0.25, 0.3) is 10.8 Å². The van der Waals surface area contributed by atoms with E-state index in [0.717, 1.165) is 0 Å². The number of hydrogen-bond donors (Lipinski definition) is 3. The number of phenolic OH excluding ortho intramolecular Hbond substituents is 2. The van der Waals surface area contributed by atoms with E-state index in [9.17, 15) is 20.1 Å². The number of rotatable bonds is 0. The van der Waals surface area contributed by atoms with E-state index in [2.05, 4.69) is 0 Å². The first-order valence-electron chi connectivity index (χ1n) is 5.53. The quantitative estimate of drug-likeness (QED) is 0.623. The fourth-order valence-corrected chi connectivity index (χ4v) is 2.08. The van der Waals surface area contributed by atoms with Crippen molar-refractivity contribution >= 4 is 10.8 Å². The van der Waals surface area contributed by atoms with Crippen molar-refractivity contribution in [3.63, 3.8) is 0 Å². The third-order valence-electron chi connectivity index (χ3n) is 3.25. The van der Waals surface area contributed by atoms with Crippen molar-refractivity contribution in [3.05, 3.63) is 39.0 Å². The second kappa shape index (κ2) is 3.91. The average Bonchev–Trinajstić information content (AvgIpc) is 2.42. The van der Waals surface area contributed by atoms with Gasteiger partial charge in [-0.3, -0.25) is 4.79 Å². The van der Waals surface area contributed by atoms with Crippen LogP contribution in [0.4, 0.5) is 0 Å². The predicted octanol–water partition coefficient (Wildman–Crippen LogP) is 2.24. The zero-order valence-electron chi connectivity index (χ0n) is 10.4. The Labute approximate surface area is 104 Å². The lowest BCUT2D eigenvalue weighted by Gasteiger charge is -2.09. The topological polar surface area (TPSA) is 77.8 Å². The van der Waals surface area contributed by atoms with Crippen molar-refractivity contribution in [2.24, 2.45) is 0 Å². The molecule has 18 heavy (non-hydrogen) atoms. The summed E-state index contributed by atoms with van der Waals surface area (Å²) in [5.74, 6) is -1.25. The van der Waals surface area contributed by atoms with E-state index < -0.39 is 16.9 Å². The molecule has 94 valence electrons. The molecule has 0 saturated heterocycles. The zero-order chi connectivity index (χ0) is 13.6. The molecule has 0 heterocycles. The van der Waals surface area contributed by atoms with E-state index >= 15 is 0 Å². The Balaban J connectivity index is 3.25. The Bertz CT molecular complexity index is 717. The molecule has 0 aliphatic carbocycles. The number of aromatic hydroxyl groups is 3. The van der Waals surface area contributed by atoms with Crippen LogP contribution < -0.4 is 5.43 Å². The first-order chi connectivity index (χ1) is 8.34. The number of hydrogen-bond acceptors (Lipinski definition) is 4. The largest absolute Gasteiger partial charge is 0.504 e. The molecule has 0 radical (unpaired) electrons. The standard InChI is InChI=1S/C14H14O4/c1-6-4-9-7(2)8(3)12(16)14(18)11(9)13(17)10(15)5-6/h4-5,16,18H,1-3H3,(H,15,17). The van der Waals surface area contributed by atoms with Crippen LogP contribution in [-0.2, 0) is 0 Å². The maximum atomic E-state index is 12.0. The van der Waals surface area contributed by atoms with Crippen LogP contribution in [0.3, 0.4) is 0 Å². The van der Waals surface area contributed by atoms with Gasteiger partial charge in [-0.05, 0) is 48.9 Å². The van der Waals surface area contributed by atoms with E-state index in [1.165, 1.54) is 6.07 Å². The summed E-state index contributed by atoms with van der Waals surface area (Å²) in [4.78, 5) is 12.0. The molecule has 2 aromatic carbocycles. The minimum Gasteiger partial charge on any atom is -0.504 e. The van der Waals surface area contributed by atoms with Gasteiger partial charge in [0.05, 0.1) is 5.39 Å². The molecule has 4 heteroatoms. The van der Waals surface area contributed by atoms with Crippen LogP contribution in [0.15, 0.2) is 16.9 Å². The Morgan fingerprint density at radius 1 is 0.889 bits per heavy atom. The SMILES string of the molecule is Cc1cc(O)c(=O)c2c(O)c(O)c(C)c(C)c2c1. The fraction of sp³-hybridized carbons (Fsp3) is 0.214. The van der Waals surface area contributed by atoms with Gasteiger partial charge in [-0.2, -0.15) is 0 Å². The number of fused-ring (bicyclic) bond motifs is 1. The molecule has 3 N–H and O–H groups in total. The second-order valence-corrected chi connectivity index (χ2v) is 4.48. The number of phenols is 2. The van der Waals surface area contributed by atoms with Gasteiger partial charge in [0.1, 0.15) is 0 Å². The fourth-order valence-electron chi connectivity index (χ4n) is 2.08. The van der Waals surface area contributed by atoms with Gasteiger partial charge in [0.15, 0.2) is 17.2 Å². The van der Waals surface area contributed by atoms with E-state index in [1.54, 1.807) is 26.8 Å². The highest BCUT2D eigenvalue weighted by Crippen LogP contribution is 2.38. The minimum atomic E-state index is -0.686. The van der Waals surface area contributed by atoms with Crippen LogP contribution in [0.2, 0.25) is 0 Å². The maximum Gasteiger partial charge on any atom is 0.231 e. The normalized spacial score (nSPS) is 10.8. The van der Waals surface area contributed by atoms with Gasteiger partial charge in [0.25, 0.3) is 0 Å². The van der Waals surface area contributed by atoms with Crippen LogP contribution in [0.1, 0.15) is 16.7 Å². The van der Waals surface area contributed by atoms with Gasteiger partial charge < -0.3 is 15.3 Å². The maximum absolute atomic E-state index is 12.0. The van der Waals surface area contributed by atoms with Gasteiger partial charge in [-0.25, -0.2) is 0 Å². The van der Waals surface area contributed by atoms with Gasteiger partial charge >= 0.3 is 0 Å². The molecular weight excluding hydrogens is 232 g/mol. The molecule has 4 nitrogen and oxygen atoms in total. The molecule has 0 amide bonds. The van der Waals surface area contributed by atoms with Gasteiger partial charge in [0.2, 0.25) is 5.43 Å². The van der Waals surface area contributed by atoms with E-state index in [0.29, 0.717) is 22.1 Å². The van der Waals surface area contributed by atoms with Gasteiger partial charge in [0, 0.05) is 0 Å². The van der Waals surface area contributed by atoms with Crippen molar-refractivity contribution in [2.45, 2.75) is 20.8 Å². The smallest absolute Gasteiger partial charge is 0.231 e. The summed E-state index contributed by atoms with van der Waals surface area (Å²) in [6, 6.07) is 3.05. The summed E-state index contributed by atoms with van der Waals surface area (Å²) in [6.45, 7) is 5.17. The van der Waals surface area contributed by atoms with Crippen LogP contribution in [-0.4, -0.2) is 15.3 Å². The molecule has 0 atom stereocenters. The van der Waals surface area contributed by atoms with Gasteiger partial charge in [-0.1, -0.05) is 6.07 Å². The molecule has 0 aromatic heterocycles. The number of benzene rings is 1. The molecule has 0 saturated carbocycles. The number of aryl methyl sites for hydroxylation is 2. The highest BCUT2D eigenvalue weighted by molar-refractivity contribution is 5.94. The van der Waals surface area contributed by atoms with Crippen molar-refractivity contribution in [1.82, 2.24) is 0 Å². The second-order valence-electron chi connectivity index (χ2n) is 4.48. The summed E-state index contributed by atoms with van der Waals surface area (Å²) in [6.07, 6.45) is 0. The average molecular weight is 246 g/mol. The third kappa shape index (κ3) is 1.57. The minimum absolute atomic E-state index is 0.0544. The molecule has 0 bridgehead atoms. The Hall–Kier alpha value is -2.23. The Morgan fingerprint density at radius 3 is 2.11 bits per heavy atom. The molecule has 2 aromatic rings. The van der Waals surface area contributed by atoms with E-state index in [1.807, 2.05) is 0 Å². The molecule has 0 aliphatic heterocycles. The first-order valence-corrected chi connectivity index (χ1v) is 5.53. The lowest BCUT2D eigenvalue weighted by atomic mass is 10.00. The van der Waals surface area contributed by atoms with Crippen LogP contribution >= 0.6 is 0 Å². The summed E-state index contributed by atoms with van der Waals surface area (Å²) >= 11 is 0. The van der Waals surface area contributed by atoms with Crippen molar-refractivity contribution < 1.29 is 15.3 Å². The molecule has 0 unspecified atom stereocenters. The van der Waals surface area contributed by atoms with Crippen molar-refractivity contribution in [1.29, 1.82) is 0 Å². The molecule has 2 rings (SSSR count). The highest BCUT2D eigenvalue weighted by atomic mass is 16.3. The zero-order valence-corrected chi connectivity index (χ0v) is 10.4. The summed E-state index contributed by atoms with van der Waals surface area (Å²) in [7, 11) is 0. The lowest BCUT2D eigenvalue weighted by Crippen LogP contribution is -1.99. The Kier molecular flexibility index (Phi) is 2.66. The van der Waals surface area contributed by atoms with E-state index in [-0.39, 0.29) is 11.1 Å². The van der Waals surface area contributed by atoms with Crippen LogP contribution in [0, 0.1) is 20.8 Å². The molecule has 0 aliphatic rings.